The first-order valence-corrected chi connectivity index (χ1v) is 8.09. The van der Waals surface area contributed by atoms with Crippen LogP contribution in [0.3, 0.4) is 0 Å². The lowest BCUT2D eigenvalue weighted by molar-refractivity contribution is 0.186. The Morgan fingerprint density at radius 1 is 1.11 bits per heavy atom. The van der Waals surface area contributed by atoms with Gasteiger partial charge in [0.15, 0.2) is 9.84 Å². The predicted octanol–water partition coefficient (Wildman–Crippen LogP) is 2.75. The maximum atomic E-state index is 12.4. The van der Waals surface area contributed by atoms with Crippen LogP contribution in [0.25, 0.3) is 0 Å². The quantitative estimate of drug-likeness (QED) is 0.861. The zero-order valence-electron chi connectivity index (χ0n) is 11.5. The van der Waals surface area contributed by atoms with Crippen LogP contribution in [0.4, 0.5) is 0 Å². The molecule has 0 bridgehead atoms. The summed E-state index contributed by atoms with van der Waals surface area (Å²) in [7, 11) is -3.14. The highest BCUT2D eigenvalue weighted by Gasteiger charge is 2.31. The number of rotatable bonds is 3. The predicted molar refractivity (Wildman–Crippen MR) is 80.6 cm³/mol. The molecule has 1 aliphatic rings. The van der Waals surface area contributed by atoms with Crippen LogP contribution in [0.1, 0.15) is 26.7 Å². The average molecular weight is 304 g/mol. The molecule has 0 atom stereocenters. The lowest BCUT2D eigenvalue weighted by atomic mass is 10.1. The fourth-order valence-electron chi connectivity index (χ4n) is 2.51. The molecule has 19 heavy (non-hydrogen) atoms. The highest BCUT2D eigenvalue weighted by Crippen LogP contribution is 2.25. The van der Waals surface area contributed by atoms with Crippen LogP contribution in [0.5, 0.6) is 0 Å². The molecule has 0 saturated carbocycles. The standard InChI is InChI=1S/C14H21NO2S.ClH/c1-12(2)15-10-8-14(9-11-15)18(16,17)13-6-4-3-5-7-13;/h3-7,12,14H,8-11H2,1-2H3;1H. The molecule has 1 heterocycles. The smallest absolute Gasteiger partial charge is 0.181 e. The second-order valence-electron chi connectivity index (χ2n) is 5.19. The van der Waals surface area contributed by atoms with Crippen molar-refractivity contribution < 1.29 is 8.42 Å². The van der Waals surface area contributed by atoms with E-state index >= 15 is 0 Å². The number of benzene rings is 1. The molecule has 0 N–H and O–H groups in total. The maximum Gasteiger partial charge on any atom is 0.181 e. The topological polar surface area (TPSA) is 37.4 Å². The van der Waals surface area contributed by atoms with Crippen molar-refractivity contribution in [2.75, 3.05) is 13.1 Å². The lowest BCUT2D eigenvalue weighted by Gasteiger charge is -2.34. The van der Waals surface area contributed by atoms with E-state index in [1.165, 1.54) is 0 Å². The summed E-state index contributed by atoms with van der Waals surface area (Å²) in [6.45, 7) is 6.08. The Morgan fingerprint density at radius 2 is 1.63 bits per heavy atom. The van der Waals surface area contributed by atoms with Crippen molar-refractivity contribution in [3.8, 4) is 0 Å². The fourth-order valence-corrected chi connectivity index (χ4v) is 4.26. The van der Waals surface area contributed by atoms with Gasteiger partial charge in [0.2, 0.25) is 0 Å². The zero-order valence-corrected chi connectivity index (χ0v) is 13.1. The molecule has 1 aliphatic heterocycles. The number of halogens is 1. The van der Waals surface area contributed by atoms with E-state index in [1.807, 2.05) is 6.07 Å². The third kappa shape index (κ3) is 3.71. The van der Waals surface area contributed by atoms with Gasteiger partial charge in [0.1, 0.15) is 0 Å². The van der Waals surface area contributed by atoms with Gasteiger partial charge < -0.3 is 4.90 Å². The summed E-state index contributed by atoms with van der Waals surface area (Å²) >= 11 is 0. The molecule has 0 spiro atoms. The van der Waals surface area contributed by atoms with Crippen molar-refractivity contribution in [2.45, 2.75) is 42.9 Å². The molecule has 5 heteroatoms. The van der Waals surface area contributed by atoms with Gasteiger partial charge in [-0.05, 0) is 51.9 Å². The molecule has 0 aliphatic carbocycles. The summed E-state index contributed by atoms with van der Waals surface area (Å²) in [6, 6.07) is 9.33. The molecule has 0 amide bonds. The van der Waals surface area contributed by atoms with Gasteiger partial charge >= 0.3 is 0 Å². The van der Waals surface area contributed by atoms with Gasteiger partial charge in [-0.1, -0.05) is 18.2 Å². The van der Waals surface area contributed by atoms with E-state index in [2.05, 4.69) is 18.7 Å². The number of sulfone groups is 1. The molecule has 0 unspecified atom stereocenters. The van der Waals surface area contributed by atoms with Crippen LogP contribution in [0, 0.1) is 0 Å². The summed E-state index contributed by atoms with van der Waals surface area (Å²) in [4.78, 5) is 2.81. The SMILES string of the molecule is CC(C)N1CCC(S(=O)(=O)c2ccccc2)CC1.Cl. The molecule has 0 radical (unpaired) electrons. The van der Waals surface area contributed by atoms with Crippen molar-refractivity contribution in [1.82, 2.24) is 4.90 Å². The Balaban J connectivity index is 0.00000180. The number of likely N-dealkylation sites (tertiary alicyclic amines) is 1. The van der Waals surface area contributed by atoms with Gasteiger partial charge in [0.05, 0.1) is 10.1 Å². The molecule has 1 aromatic carbocycles. The second kappa shape index (κ2) is 6.73. The molecule has 1 fully saturated rings. The van der Waals surface area contributed by atoms with Gasteiger partial charge in [-0.25, -0.2) is 8.42 Å². The van der Waals surface area contributed by atoms with E-state index in [4.69, 9.17) is 0 Å². The second-order valence-corrected chi connectivity index (χ2v) is 7.42. The average Bonchev–Trinajstić information content (AvgIpc) is 2.40. The number of hydrogen-bond donors (Lipinski definition) is 0. The van der Waals surface area contributed by atoms with E-state index in [-0.39, 0.29) is 17.7 Å². The summed E-state index contributed by atoms with van der Waals surface area (Å²) in [5.74, 6) is 0. The molecule has 2 rings (SSSR count). The van der Waals surface area contributed by atoms with Gasteiger partial charge in [-0.3, -0.25) is 0 Å². The maximum absolute atomic E-state index is 12.4. The molecular weight excluding hydrogens is 282 g/mol. The van der Waals surface area contributed by atoms with Gasteiger partial charge in [-0.2, -0.15) is 0 Å². The van der Waals surface area contributed by atoms with Crippen LogP contribution in [-0.4, -0.2) is 37.7 Å². The van der Waals surface area contributed by atoms with Gasteiger partial charge in [-0.15, -0.1) is 12.4 Å². The third-order valence-corrected chi connectivity index (χ3v) is 6.00. The minimum atomic E-state index is -3.14. The van der Waals surface area contributed by atoms with Gasteiger partial charge in [0, 0.05) is 6.04 Å². The van der Waals surface area contributed by atoms with Crippen molar-refractivity contribution >= 4 is 22.2 Å². The Bertz CT molecular complexity index is 479. The highest BCUT2D eigenvalue weighted by atomic mass is 35.5. The van der Waals surface area contributed by atoms with Crippen LogP contribution < -0.4 is 0 Å². The van der Waals surface area contributed by atoms with E-state index in [0.29, 0.717) is 10.9 Å². The fraction of sp³-hybridized carbons (Fsp3) is 0.571. The molecule has 3 nitrogen and oxygen atoms in total. The Labute approximate surface area is 122 Å². The van der Waals surface area contributed by atoms with E-state index in [0.717, 1.165) is 25.9 Å². The summed E-state index contributed by atoms with van der Waals surface area (Å²) in [6.07, 6.45) is 1.49. The van der Waals surface area contributed by atoms with E-state index < -0.39 is 9.84 Å². The van der Waals surface area contributed by atoms with E-state index in [9.17, 15) is 8.42 Å². The Kier molecular flexibility index (Phi) is 5.83. The zero-order chi connectivity index (χ0) is 13.2. The van der Waals surface area contributed by atoms with Crippen molar-refractivity contribution in [3.05, 3.63) is 30.3 Å². The number of piperidine rings is 1. The number of nitrogens with zero attached hydrogens (tertiary/aromatic N) is 1. The van der Waals surface area contributed by atoms with Crippen LogP contribution in [0.15, 0.2) is 35.2 Å². The largest absolute Gasteiger partial charge is 0.301 e. The normalized spacial score (nSPS) is 18.3. The van der Waals surface area contributed by atoms with Crippen LogP contribution >= 0.6 is 12.4 Å². The molecule has 108 valence electrons. The number of hydrogen-bond acceptors (Lipinski definition) is 3. The molecule has 0 aromatic heterocycles. The third-order valence-electron chi connectivity index (χ3n) is 3.72. The molecular formula is C14H22ClNO2S. The summed E-state index contributed by atoms with van der Waals surface area (Å²) < 4.78 is 24.9. The van der Waals surface area contributed by atoms with Crippen LogP contribution in [0.2, 0.25) is 0 Å². The first-order valence-electron chi connectivity index (χ1n) is 6.55. The lowest BCUT2D eigenvalue weighted by Crippen LogP contribution is -2.42. The first-order chi connectivity index (χ1) is 8.51. The highest BCUT2D eigenvalue weighted by molar-refractivity contribution is 7.92. The summed E-state index contributed by atoms with van der Waals surface area (Å²) in [5, 5.41) is -0.213. The van der Waals surface area contributed by atoms with Gasteiger partial charge in [0.25, 0.3) is 0 Å². The Hall–Kier alpha value is -0.580. The summed E-state index contributed by atoms with van der Waals surface area (Å²) in [5.41, 5.74) is 0. The van der Waals surface area contributed by atoms with Crippen LogP contribution in [-0.2, 0) is 9.84 Å². The minimum Gasteiger partial charge on any atom is -0.301 e. The van der Waals surface area contributed by atoms with E-state index in [1.54, 1.807) is 24.3 Å². The molecule has 1 aromatic rings. The van der Waals surface area contributed by atoms with Crippen molar-refractivity contribution in [2.24, 2.45) is 0 Å². The van der Waals surface area contributed by atoms with Crippen molar-refractivity contribution in [1.29, 1.82) is 0 Å². The molecule has 1 saturated heterocycles. The van der Waals surface area contributed by atoms with Crippen molar-refractivity contribution in [3.63, 3.8) is 0 Å². The minimum absolute atomic E-state index is 0. The Morgan fingerprint density at radius 3 is 2.11 bits per heavy atom. The first kappa shape index (κ1) is 16.5. The monoisotopic (exact) mass is 303 g/mol.